The Hall–Kier alpha value is -2.37. The Labute approximate surface area is 197 Å². The monoisotopic (exact) mass is 448 g/mol. The summed E-state index contributed by atoms with van der Waals surface area (Å²) in [5.41, 5.74) is 4.50. The third-order valence-electron chi connectivity index (χ3n) is 7.32. The molecule has 0 spiro atoms. The molecule has 0 N–H and O–H groups in total. The summed E-state index contributed by atoms with van der Waals surface area (Å²) in [6, 6.07) is 15.7. The summed E-state index contributed by atoms with van der Waals surface area (Å²) in [6.07, 6.45) is 8.31. The van der Waals surface area contributed by atoms with Gasteiger partial charge in [-0.1, -0.05) is 30.7 Å². The lowest BCUT2D eigenvalue weighted by atomic mass is 9.90. The van der Waals surface area contributed by atoms with E-state index in [1.165, 1.54) is 49.8 Å². The fourth-order valence-electron chi connectivity index (χ4n) is 5.15. The molecule has 1 amide bonds. The van der Waals surface area contributed by atoms with E-state index in [0.29, 0.717) is 26.3 Å². The molecule has 3 aliphatic rings. The van der Waals surface area contributed by atoms with Crippen molar-refractivity contribution in [2.24, 2.45) is 0 Å². The van der Waals surface area contributed by atoms with Gasteiger partial charge in [-0.2, -0.15) is 0 Å². The SMILES string of the molecule is O=C(c1ccc2c(c1)Cc1cccc(c1)CN(C1CCC1)CCCCCO2)N1CCOCC1. The molecule has 2 fully saturated rings. The molecule has 0 aromatic heterocycles. The molecule has 2 heterocycles. The van der Waals surface area contributed by atoms with Crippen LogP contribution in [0.4, 0.5) is 0 Å². The van der Waals surface area contributed by atoms with Crippen LogP contribution in [0, 0.1) is 0 Å². The highest BCUT2D eigenvalue weighted by molar-refractivity contribution is 5.94. The van der Waals surface area contributed by atoms with Gasteiger partial charge in [0, 0.05) is 37.7 Å². The van der Waals surface area contributed by atoms with Crippen molar-refractivity contribution in [3.63, 3.8) is 0 Å². The van der Waals surface area contributed by atoms with Gasteiger partial charge in [0.15, 0.2) is 0 Å². The quantitative estimate of drug-likeness (QED) is 0.670. The predicted octanol–water partition coefficient (Wildman–Crippen LogP) is 4.67. The lowest BCUT2D eigenvalue weighted by Gasteiger charge is -2.38. The van der Waals surface area contributed by atoms with Crippen LogP contribution in [0.1, 0.15) is 65.6 Å². The van der Waals surface area contributed by atoms with Crippen LogP contribution >= 0.6 is 0 Å². The largest absolute Gasteiger partial charge is 0.493 e. The van der Waals surface area contributed by atoms with Gasteiger partial charge in [-0.05, 0) is 73.5 Å². The summed E-state index contributed by atoms with van der Waals surface area (Å²) >= 11 is 0. The Morgan fingerprint density at radius 2 is 1.70 bits per heavy atom. The fourth-order valence-corrected chi connectivity index (χ4v) is 5.15. The number of hydrogen-bond donors (Lipinski definition) is 0. The van der Waals surface area contributed by atoms with Crippen molar-refractivity contribution in [3.8, 4) is 5.75 Å². The van der Waals surface area contributed by atoms with Crippen molar-refractivity contribution in [1.29, 1.82) is 0 Å². The van der Waals surface area contributed by atoms with Crippen molar-refractivity contribution in [2.45, 2.75) is 57.5 Å². The van der Waals surface area contributed by atoms with E-state index >= 15 is 0 Å². The number of hydrogen-bond acceptors (Lipinski definition) is 4. The number of benzene rings is 2. The number of fused-ring (bicyclic) bond motifs is 3. The van der Waals surface area contributed by atoms with E-state index < -0.39 is 0 Å². The number of rotatable bonds is 2. The first-order chi connectivity index (χ1) is 16.3. The highest BCUT2D eigenvalue weighted by Crippen LogP contribution is 2.29. The molecule has 0 radical (unpaired) electrons. The van der Waals surface area contributed by atoms with Crippen molar-refractivity contribution >= 4 is 5.91 Å². The number of carbonyl (C=O) groups is 1. The third kappa shape index (κ3) is 5.59. The molecule has 1 saturated carbocycles. The molecule has 0 unspecified atom stereocenters. The molecule has 2 aromatic rings. The minimum absolute atomic E-state index is 0.0883. The smallest absolute Gasteiger partial charge is 0.254 e. The Morgan fingerprint density at radius 3 is 2.52 bits per heavy atom. The lowest BCUT2D eigenvalue weighted by molar-refractivity contribution is 0.0303. The number of morpholine rings is 1. The standard InChI is InChI=1S/C28H36N2O3/c31-28(29-13-16-32-17-14-29)24-10-11-27-25(20-24)19-22-6-4-7-23(18-22)21-30(26-8-5-9-26)12-2-1-3-15-33-27/h4,6-7,10-11,18,20,26H,1-3,5,8-9,12-17,19,21H2. The maximum atomic E-state index is 13.1. The topological polar surface area (TPSA) is 42.0 Å². The van der Waals surface area contributed by atoms with Crippen LogP contribution in [0.15, 0.2) is 42.5 Å². The maximum Gasteiger partial charge on any atom is 0.254 e. The minimum Gasteiger partial charge on any atom is -0.493 e. The van der Waals surface area contributed by atoms with Crippen molar-refractivity contribution in [3.05, 3.63) is 64.7 Å². The Bertz CT molecular complexity index is 950. The van der Waals surface area contributed by atoms with Gasteiger partial charge < -0.3 is 14.4 Å². The van der Waals surface area contributed by atoms with E-state index in [4.69, 9.17) is 9.47 Å². The molecule has 2 aliphatic heterocycles. The van der Waals surface area contributed by atoms with Gasteiger partial charge in [-0.25, -0.2) is 0 Å². The molecule has 1 aliphatic carbocycles. The number of nitrogens with zero attached hydrogens (tertiary/aromatic N) is 2. The normalized spacial score (nSPS) is 20.8. The summed E-state index contributed by atoms with van der Waals surface area (Å²) in [7, 11) is 0. The van der Waals surface area contributed by atoms with Gasteiger partial charge in [-0.15, -0.1) is 0 Å². The van der Waals surface area contributed by atoms with Crippen LogP contribution in [0.2, 0.25) is 0 Å². The molecule has 5 heteroatoms. The molecule has 2 bridgehead atoms. The first-order valence-electron chi connectivity index (χ1n) is 12.7. The number of carbonyl (C=O) groups excluding carboxylic acids is 1. The van der Waals surface area contributed by atoms with Crippen molar-refractivity contribution < 1.29 is 14.3 Å². The minimum atomic E-state index is 0.0883. The molecule has 2 aromatic carbocycles. The Morgan fingerprint density at radius 1 is 0.848 bits per heavy atom. The summed E-state index contributed by atoms with van der Waals surface area (Å²) < 4.78 is 11.6. The highest BCUT2D eigenvalue weighted by Gasteiger charge is 2.25. The molecule has 5 rings (SSSR count). The Kier molecular flexibility index (Phi) is 7.27. The average molecular weight is 449 g/mol. The van der Waals surface area contributed by atoms with Gasteiger partial charge >= 0.3 is 0 Å². The molecule has 176 valence electrons. The van der Waals surface area contributed by atoms with E-state index in [9.17, 15) is 4.79 Å². The summed E-state index contributed by atoms with van der Waals surface area (Å²) in [6.45, 7) is 5.50. The van der Waals surface area contributed by atoms with Crippen LogP contribution < -0.4 is 4.74 Å². The number of amides is 1. The number of ether oxygens (including phenoxy) is 2. The maximum absolute atomic E-state index is 13.1. The van der Waals surface area contributed by atoms with Crippen molar-refractivity contribution in [2.75, 3.05) is 39.5 Å². The fraction of sp³-hybridized carbons (Fsp3) is 0.536. The van der Waals surface area contributed by atoms with Gasteiger partial charge in [0.05, 0.1) is 19.8 Å². The van der Waals surface area contributed by atoms with Gasteiger partial charge in [0.1, 0.15) is 5.75 Å². The second-order valence-electron chi connectivity index (χ2n) is 9.69. The zero-order chi connectivity index (χ0) is 22.5. The summed E-state index contributed by atoms with van der Waals surface area (Å²) in [4.78, 5) is 17.7. The van der Waals surface area contributed by atoms with Crippen LogP contribution in [0.25, 0.3) is 0 Å². The van der Waals surface area contributed by atoms with E-state index in [1.807, 2.05) is 23.1 Å². The lowest BCUT2D eigenvalue weighted by Crippen LogP contribution is -2.40. The first kappa shape index (κ1) is 22.4. The predicted molar refractivity (Wildman–Crippen MR) is 130 cm³/mol. The molecular weight excluding hydrogens is 412 g/mol. The second kappa shape index (κ2) is 10.7. The Balaban J connectivity index is 1.40. The van der Waals surface area contributed by atoms with Gasteiger partial charge in [-0.3, -0.25) is 9.69 Å². The van der Waals surface area contributed by atoms with Crippen molar-refractivity contribution in [1.82, 2.24) is 9.80 Å². The second-order valence-corrected chi connectivity index (χ2v) is 9.69. The van der Waals surface area contributed by atoms with Crippen LogP contribution in [-0.2, 0) is 17.7 Å². The first-order valence-corrected chi connectivity index (χ1v) is 12.7. The van der Waals surface area contributed by atoms with Gasteiger partial charge in [0.2, 0.25) is 0 Å². The summed E-state index contributed by atoms with van der Waals surface area (Å²) in [5, 5.41) is 0. The van der Waals surface area contributed by atoms with Crippen LogP contribution in [0.5, 0.6) is 5.75 Å². The van der Waals surface area contributed by atoms with E-state index in [0.717, 1.165) is 48.9 Å². The zero-order valence-electron chi connectivity index (χ0n) is 19.6. The third-order valence-corrected chi connectivity index (χ3v) is 7.32. The van der Waals surface area contributed by atoms with E-state index in [2.05, 4.69) is 29.2 Å². The van der Waals surface area contributed by atoms with Gasteiger partial charge in [0.25, 0.3) is 5.91 Å². The molecule has 5 nitrogen and oxygen atoms in total. The summed E-state index contributed by atoms with van der Waals surface area (Å²) in [5.74, 6) is 0.998. The van der Waals surface area contributed by atoms with E-state index in [1.54, 1.807) is 0 Å². The molecule has 1 saturated heterocycles. The average Bonchev–Trinajstić information content (AvgIpc) is 2.80. The zero-order valence-corrected chi connectivity index (χ0v) is 19.6. The molecule has 33 heavy (non-hydrogen) atoms. The van der Waals surface area contributed by atoms with E-state index in [-0.39, 0.29) is 5.91 Å². The highest BCUT2D eigenvalue weighted by atomic mass is 16.5. The molecule has 0 atom stereocenters. The van der Waals surface area contributed by atoms with Crippen LogP contribution in [0.3, 0.4) is 0 Å². The molecular formula is C28H36N2O3. The van der Waals surface area contributed by atoms with Crippen LogP contribution in [-0.4, -0.2) is 61.2 Å².